The fraction of sp³-hybridized carbons (Fsp3) is 0.231. The van der Waals surface area contributed by atoms with E-state index < -0.39 is 0 Å². The van der Waals surface area contributed by atoms with Crippen LogP contribution in [0.25, 0.3) is 0 Å². The molecule has 1 aromatic heterocycles. The highest BCUT2D eigenvalue weighted by atomic mass is 79.9. The van der Waals surface area contributed by atoms with Gasteiger partial charge in [-0.15, -0.1) is 0 Å². The number of benzene rings is 1. The molecule has 1 aromatic carbocycles. The SMILES string of the molecule is CNC(c1cncnc1)c1cccc(C)c1Br. The second kappa shape index (κ2) is 5.38. The van der Waals surface area contributed by atoms with Crippen LogP contribution in [-0.2, 0) is 0 Å². The Morgan fingerprint density at radius 2 is 1.94 bits per heavy atom. The molecular formula is C13H14BrN3. The lowest BCUT2D eigenvalue weighted by molar-refractivity contribution is 0.681. The van der Waals surface area contributed by atoms with E-state index in [1.807, 2.05) is 19.4 Å². The molecule has 2 rings (SSSR count). The monoisotopic (exact) mass is 291 g/mol. The quantitative estimate of drug-likeness (QED) is 0.945. The Bertz CT molecular complexity index is 499. The van der Waals surface area contributed by atoms with Crippen molar-refractivity contribution in [3.63, 3.8) is 0 Å². The predicted molar refractivity (Wildman–Crippen MR) is 71.8 cm³/mol. The molecule has 1 unspecified atom stereocenters. The van der Waals surface area contributed by atoms with Gasteiger partial charge in [0.25, 0.3) is 0 Å². The molecule has 17 heavy (non-hydrogen) atoms. The second-order valence-electron chi connectivity index (χ2n) is 3.87. The lowest BCUT2D eigenvalue weighted by Crippen LogP contribution is -2.18. The zero-order chi connectivity index (χ0) is 12.3. The lowest BCUT2D eigenvalue weighted by Gasteiger charge is -2.18. The van der Waals surface area contributed by atoms with Gasteiger partial charge in [0.05, 0.1) is 6.04 Å². The highest BCUT2D eigenvalue weighted by Crippen LogP contribution is 2.29. The van der Waals surface area contributed by atoms with Crippen LogP contribution in [0.1, 0.15) is 22.7 Å². The third kappa shape index (κ3) is 2.53. The maximum atomic E-state index is 4.06. The molecular weight excluding hydrogens is 278 g/mol. The van der Waals surface area contributed by atoms with Crippen molar-refractivity contribution in [3.8, 4) is 0 Å². The summed E-state index contributed by atoms with van der Waals surface area (Å²) in [6.45, 7) is 2.09. The van der Waals surface area contributed by atoms with Crippen LogP contribution in [0.15, 0.2) is 41.4 Å². The molecule has 1 N–H and O–H groups in total. The number of nitrogens with one attached hydrogen (secondary N) is 1. The molecule has 3 nitrogen and oxygen atoms in total. The molecule has 2 aromatic rings. The molecule has 0 saturated carbocycles. The summed E-state index contributed by atoms with van der Waals surface area (Å²) in [7, 11) is 1.94. The Hall–Kier alpha value is -1.26. The zero-order valence-corrected chi connectivity index (χ0v) is 11.4. The van der Waals surface area contributed by atoms with Crippen molar-refractivity contribution >= 4 is 15.9 Å². The van der Waals surface area contributed by atoms with Crippen molar-refractivity contribution in [3.05, 3.63) is 58.1 Å². The largest absolute Gasteiger partial charge is 0.309 e. The molecule has 0 spiro atoms. The smallest absolute Gasteiger partial charge is 0.115 e. The van der Waals surface area contributed by atoms with Crippen molar-refractivity contribution in [2.75, 3.05) is 7.05 Å². The van der Waals surface area contributed by atoms with E-state index in [4.69, 9.17) is 0 Å². The fourth-order valence-electron chi connectivity index (χ4n) is 1.85. The Kier molecular flexibility index (Phi) is 3.86. The van der Waals surface area contributed by atoms with Crippen LogP contribution < -0.4 is 5.32 Å². The molecule has 0 aliphatic heterocycles. The van der Waals surface area contributed by atoms with E-state index in [9.17, 15) is 0 Å². The highest BCUT2D eigenvalue weighted by Gasteiger charge is 2.15. The minimum absolute atomic E-state index is 0.102. The summed E-state index contributed by atoms with van der Waals surface area (Å²) in [5, 5.41) is 3.29. The summed E-state index contributed by atoms with van der Waals surface area (Å²) in [5.74, 6) is 0. The Labute approximate surface area is 109 Å². The average molecular weight is 292 g/mol. The van der Waals surface area contributed by atoms with Crippen LogP contribution >= 0.6 is 15.9 Å². The van der Waals surface area contributed by atoms with Crippen molar-refractivity contribution in [2.24, 2.45) is 0 Å². The van der Waals surface area contributed by atoms with Gasteiger partial charge in [-0.05, 0) is 25.1 Å². The molecule has 0 radical (unpaired) electrons. The van der Waals surface area contributed by atoms with E-state index in [1.54, 1.807) is 6.33 Å². The number of aryl methyl sites for hydroxylation is 1. The summed E-state index contributed by atoms with van der Waals surface area (Å²) in [5.41, 5.74) is 3.48. The lowest BCUT2D eigenvalue weighted by atomic mass is 10.00. The van der Waals surface area contributed by atoms with Gasteiger partial charge in [-0.2, -0.15) is 0 Å². The average Bonchev–Trinajstić information content (AvgIpc) is 2.37. The van der Waals surface area contributed by atoms with Crippen molar-refractivity contribution in [1.82, 2.24) is 15.3 Å². The van der Waals surface area contributed by atoms with Gasteiger partial charge in [-0.1, -0.05) is 34.1 Å². The molecule has 88 valence electrons. The van der Waals surface area contributed by atoms with Gasteiger partial charge in [-0.3, -0.25) is 0 Å². The first-order chi connectivity index (χ1) is 8.24. The van der Waals surface area contributed by atoms with E-state index in [-0.39, 0.29) is 6.04 Å². The third-order valence-corrected chi connectivity index (χ3v) is 3.82. The van der Waals surface area contributed by atoms with E-state index in [0.717, 1.165) is 10.0 Å². The predicted octanol–water partition coefficient (Wildman–Crippen LogP) is 2.86. The Morgan fingerprint density at radius 3 is 2.59 bits per heavy atom. The van der Waals surface area contributed by atoms with E-state index in [0.29, 0.717) is 0 Å². The summed E-state index contributed by atoms with van der Waals surface area (Å²) in [4.78, 5) is 8.13. The van der Waals surface area contributed by atoms with Gasteiger partial charge >= 0.3 is 0 Å². The number of rotatable bonds is 3. The van der Waals surface area contributed by atoms with Crippen LogP contribution in [-0.4, -0.2) is 17.0 Å². The summed E-state index contributed by atoms with van der Waals surface area (Å²) >= 11 is 3.64. The van der Waals surface area contributed by atoms with Gasteiger partial charge < -0.3 is 5.32 Å². The van der Waals surface area contributed by atoms with Gasteiger partial charge in [0.2, 0.25) is 0 Å². The molecule has 0 amide bonds. The highest BCUT2D eigenvalue weighted by molar-refractivity contribution is 9.10. The molecule has 0 fully saturated rings. The first-order valence-corrected chi connectivity index (χ1v) is 6.20. The number of hydrogen-bond acceptors (Lipinski definition) is 3. The van der Waals surface area contributed by atoms with Crippen LogP contribution in [0, 0.1) is 6.92 Å². The molecule has 1 atom stereocenters. The van der Waals surface area contributed by atoms with Gasteiger partial charge in [0.1, 0.15) is 6.33 Å². The first-order valence-electron chi connectivity index (χ1n) is 5.41. The zero-order valence-electron chi connectivity index (χ0n) is 9.81. The van der Waals surface area contributed by atoms with E-state index in [2.05, 4.69) is 56.3 Å². The number of halogens is 1. The molecule has 1 heterocycles. The normalized spacial score (nSPS) is 12.4. The van der Waals surface area contributed by atoms with Crippen LogP contribution in [0.2, 0.25) is 0 Å². The van der Waals surface area contributed by atoms with Crippen molar-refractivity contribution in [1.29, 1.82) is 0 Å². The van der Waals surface area contributed by atoms with Crippen LogP contribution in [0.4, 0.5) is 0 Å². The van der Waals surface area contributed by atoms with Gasteiger partial charge in [0, 0.05) is 22.4 Å². The maximum Gasteiger partial charge on any atom is 0.115 e. The molecule has 0 saturated heterocycles. The number of nitrogens with zero attached hydrogens (tertiary/aromatic N) is 2. The molecule has 4 heteroatoms. The van der Waals surface area contributed by atoms with E-state index >= 15 is 0 Å². The first kappa shape index (κ1) is 12.2. The minimum Gasteiger partial charge on any atom is -0.309 e. The summed E-state index contributed by atoms with van der Waals surface area (Å²) in [6.07, 6.45) is 5.22. The Balaban J connectivity index is 2.46. The van der Waals surface area contributed by atoms with Crippen molar-refractivity contribution < 1.29 is 0 Å². The van der Waals surface area contributed by atoms with Gasteiger partial charge in [-0.25, -0.2) is 9.97 Å². The Morgan fingerprint density at radius 1 is 1.24 bits per heavy atom. The molecule has 0 aliphatic carbocycles. The van der Waals surface area contributed by atoms with Crippen molar-refractivity contribution in [2.45, 2.75) is 13.0 Å². The maximum absolute atomic E-state index is 4.06. The summed E-state index contributed by atoms with van der Waals surface area (Å²) < 4.78 is 1.13. The van der Waals surface area contributed by atoms with Crippen LogP contribution in [0.3, 0.4) is 0 Å². The van der Waals surface area contributed by atoms with Crippen LogP contribution in [0.5, 0.6) is 0 Å². The molecule has 0 bridgehead atoms. The fourth-order valence-corrected chi connectivity index (χ4v) is 2.35. The minimum atomic E-state index is 0.102. The van der Waals surface area contributed by atoms with Gasteiger partial charge in [0.15, 0.2) is 0 Å². The van der Waals surface area contributed by atoms with E-state index in [1.165, 1.54) is 11.1 Å². The topological polar surface area (TPSA) is 37.8 Å². The standard InChI is InChI=1S/C13H14BrN3/c1-9-4-3-5-11(12(9)14)13(15-2)10-6-16-8-17-7-10/h3-8,13,15H,1-2H3. The third-order valence-electron chi connectivity index (χ3n) is 2.74. The molecule has 0 aliphatic rings. The second-order valence-corrected chi connectivity index (χ2v) is 4.66. The number of hydrogen-bond donors (Lipinski definition) is 1. The number of aromatic nitrogens is 2. The summed E-state index contributed by atoms with van der Waals surface area (Å²) in [6, 6.07) is 6.35.